The van der Waals surface area contributed by atoms with Crippen molar-refractivity contribution in [2.24, 2.45) is 0 Å². The minimum Gasteiger partial charge on any atom is -0.255 e. The molecule has 49 valence electrons. The molecular weight excluding hydrogens is 154 g/mol. The predicted molar refractivity (Wildman–Crippen MR) is 32.1 cm³/mol. The van der Waals surface area contributed by atoms with Crippen LogP contribution in [-0.4, -0.2) is 5.67 Å². The van der Waals surface area contributed by atoms with Gasteiger partial charge in [0.2, 0.25) is 0 Å². The Bertz CT molecular complexity index is 136. The van der Waals surface area contributed by atoms with Crippen molar-refractivity contribution in [3.8, 4) is 0 Å². The topological polar surface area (TPSA) is 0 Å². The van der Waals surface area contributed by atoms with Gasteiger partial charge in [-0.05, 0) is 6.92 Å². The third-order valence-corrected chi connectivity index (χ3v) is 1.07. The van der Waals surface area contributed by atoms with Crippen LogP contribution in [-0.2, 0) is 18.6 Å². The second-order valence-corrected chi connectivity index (χ2v) is 2.06. The van der Waals surface area contributed by atoms with Gasteiger partial charge in [-0.1, -0.05) is 6.08 Å². The summed E-state index contributed by atoms with van der Waals surface area (Å²) in [5.41, 5.74) is -1.21. The minimum atomic E-state index is -1.21. The van der Waals surface area contributed by atoms with Crippen molar-refractivity contribution in [1.29, 1.82) is 0 Å². The van der Waals surface area contributed by atoms with Crippen LogP contribution in [0.1, 0.15) is 6.92 Å². The van der Waals surface area contributed by atoms with E-state index >= 15 is 0 Å². The van der Waals surface area contributed by atoms with Gasteiger partial charge in [0.05, 0.1) is 5.67 Å². The first kappa shape index (κ1) is 8.86. The molecular formula is C7H8FV-. The van der Waals surface area contributed by atoms with Crippen LogP contribution in [0.15, 0.2) is 24.3 Å². The normalized spacial score (nSPS) is 30.9. The molecule has 1 atom stereocenters. The number of alkyl halides is 1. The molecule has 0 aliphatic heterocycles. The maximum absolute atomic E-state index is 12.7. The van der Waals surface area contributed by atoms with Crippen LogP contribution in [0, 0.1) is 6.42 Å². The zero-order valence-electron chi connectivity index (χ0n) is 5.21. The van der Waals surface area contributed by atoms with Crippen LogP contribution in [0.5, 0.6) is 0 Å². The van der Waals surface area contributed by atoms with Crippen LogP contribution in [0.4, 0.5) is 4.39 Å². The summed E-state index contributed by atoms with van der Waals surface area (Å²) in [4.78, 5) is 0. The summed E-state index contributed by atoms with van der Waals surface area (Å²) in [5.74, 6) is 0. The van der Waals surface area contributed by atoms with Crippen molar-refractivity contribution in [3.05, 3.63) is 30.7 Å². The van der Waals surface area contributed by atoms with Crippen LogP contribution in [0.25, 0.3) is 0 Å². The van der Waals surface area contributed by atoms with Crippen molar-refractivity contribution in [3.63, 3.8) is 0 Å². The Balaban J connectivity index is 0.000000640. The Morgan fingerprint density at radius 1 is 1.44 bits per heavy atom. The number of hydrogen-bond acceptors (Lipinski definition) is 0. The third-order valence-electron chi connectivity index (χ3n) is 1.07. The van der Waals surface area contributed by atoms with E-state index in [2.05, 4.69) is 0 Å². The van der Waals surface area contributed by atoms with Gasteiger partial charge in [0.25, 0.3) is 0 Å². The molecule has 0 nitrogen and oxygen atoms in total. The van der Waals surface area contributed by atoms with Crippen LogP contribution >= 0.6 is 0 Å². The molecule has 1 unspecified atom stereocenters. The second-order valence-electron chi connectivity index (χ2n) is 2.06. The molecule has 0 aromatic rings. The fraction of sp³-hybridized carbons (Fsp3) is 0.286. The first-order valence-corrected chi connectivity index (χ1v) is 2.60. The maximum atomic E-state index is 12.7. The molecule has 0 aromatic heterocycles. The first-order chi connectivity index (χ1) is 3.71. The SMILES string of the molecule is CC1(F)C=CC=C[CH-]1.[V]. The van der Waals surface area contributed by atoms with E-state index in [4.69, 9.17) is 0 Å². The van der Waals surface area contributed by atoms with E-state index in [1.165, 1.54) is 19.4 Å². The molecule has 1 radical (unpaired) electrons. The smallest absolute Gasteiger partial charge is 0.0802 e. The van der Waals surface area contributed by atoms with Gasteiger partial charge >= 0.3 is 0 Å². The molecule has 0 N–H and O–H groups in total. The number of allylic oxidation sites excluding steroid dienone is 4. The van der Waals surface area contributed by atoms with Crippen molar-refractivity contribution in [1.82, 2.24) is 0 Å². The molecule has 1 rings (SSSR count). The van der Waals surface area contributed by atoms with Gasteiger partial charge in [0, 0.05) is 18.6 Å². The van der Waals surface area contributed by atoms with Gasteiger partial charge in [0.15, 0.2) is 0 Å². The van der Waals surface area contributed by atoms with Gasteiger partial charge in [-0.15, -0.1) is 6.08 Å². The summed E-state index contributed by atoms with van der Waals surface area (Å²) >= 11 is 0. The molecule has 0 spiro atoms. The molecule has 0 fully saturated rings. The zero-order valence-corrected chi connectivity index (χ0v) is 6.61. The van der Waals surface area contributed by atoms with Crippen molar-refractivity contribution in [2.75, 3.05) is 0 Å². The molecule has 9 heavy (non-hydrogen) atoms. The van der Waals surface area contributed by atoms with Gasteiger partial charge in [-0.3, -0.25) is 4.39 Å². The molecule has 0 aromatic carbocycles. The number of hydrogen-bond donors (Lipinski definition) is 0. The molecule has 0 saturated carbocycles. The summed E-state index contributed by atoms with van der Waals surface area (Å²) in [6.45, 7) is 1.52. The Morgan fingerprint density at radius 3 is 2.33 bits per heavy atom. The van der Waals surface area contributed by atoms with Crippen molar-refractivity contribution >= 4 is 0 Å². The molecule has 2 heteroatoms. The fourth-order valence-corrected chi connectivity index (χ4v) is 0.607. The monoisotopic (exact) mass is 162 g/mol. The van der Waals surface area contributed by atoms with E-state index in [1.54, 1.807) is 18.2 Å². The molecule has 1 aliphatic rings. The third kappa shape index (κ3) is 2.78. The Kier molecular flexibility index (Phi) is 3.09. The Labute approximate surface area is 66.7 Å². The fourth-order valence-electron chi connectivity index (χ4n) is 0.607. The largest absolute Gasteiger partial charge is 0.255 e. The van der Waals surface area contributed by atoms with E-state index in [0.29, 0.717) is 0 Å². The van der Waals surface area contributed by atoms with E-state index in [0.717, 1.165) is 0 Å². The molecule has 0 bridgehead atoms. The molecule has 0 heterocycles. The summed E-state index contributed by atoms with van der Waals surface area (Å²) in [6.07, 6.45) is 8.27. The zero-order chi connectivity index (χ0) is 6.04. The predicted octanol–water partition coefficient (Wildman–Crippen LogP) is 2.04. The Hall–Kier alpha value is -0.136. The number of rotatable bonds is 0. The standard InChI is InChI=1S/C7H8F.V/c1-7(8)5-3-2-4-6-7;/h2-6H,1H3;/q-1;. The van der Waals surface area contributed by atoms with Gasteiger partial charge in [-0.25, -0.2) is 12.2 Å². The summed E-state index contributed by atoms with van der Waals surface area (Å²) in [6, 6.07) is 0. The van der Waals surface area contributed by atoms with Gasteiger partial charge < -0.3 is 0 Å². The number of halogens is 1. The maximum Gasteiger partial charge on any atom is 0.0802 e. The van der Waals surface area contributed by atoms with E-state index in [1.807, 2.05) is 0 Å². The van der Waals surface area contributed by atoms with E-state index < -0.39 is 5.67 Å². The molecule has 0 amide bonds. The summed E-state index contributed by atoms with van der Waals surface area (Å²) in [5, 5.41) is 0. The van der Waals surface area contributed by atoms with Crippen LogP contribution in [0.3, 0.4) is 0 Å². The summed E-state index contributed by atoms with van der Waals surface area (Å²) in [7, 11) is 0. The van der Waals surface area contributed by atoms with Crippen LogP contribution < -0.4 is 0 Å². The van der Waals surface area contributed by atoms with Gasteiger partial charge in [-0.2, -0.15) is 6.42 Å². The van der Waals surface area contributed by atoms with E-state index in [9.17, 15) is 4.39 Å². The average Bonchev–Trinajstić information content (AvgIpc) is 1.65. The molecule has 1 aliphatic carbocycles. The van der Waals surface area contributed by atoms with Crippen molar-refractivity contribution < 1.29 is 22.9 Å². The summed E-state index contributed by atoms with van der Waals surface area (Å²) < 4.78 is 12.7. The average molecular weight is 162 g/mol. The van der Waals surface area contributed by atoms with Crippen molar-refractivity contribution in [2.45, 2.75) is 12.6 Å². The van der Waals surface area contributed by atoms with Gasteiger partial charge in [0.1, 0.15) is 0 Å². The minimum absolute atomic E-state index is 0. The second kappa shape index (κ2) is 3.14. The van der Waals surface area contributed by atoms with Crippen LogP contribution in [0.2, 0.25) is 0 Å². The van der Waals surface area contributed by atoms with E-state index in [-0.39, 0.29) is 18.6 Å². The Morgan fingerprint density at radius 2 is 2.11 bits per heavy atom. The quantitative estimate of drug-likeness (QED) is 0.478. The first-order valence-electron chi connectivity index (χ1n) is 2.60. The molecule has 0 saturated heterocycles.